The van der Waals surface area contributed by atoms with Crippen molar-refractivity contribution in [1.29, 1.82) is 0 Å². The van der Waals surface area contributed by atoms with Crippen LogP contribution in [-0.4, -0.2) is 33.1 Å². The maximum atomic E-state index is 13.4. The largest absolute Gasteiger partial charge is 0.478 e. The Morgan fingerprint density at radius 1 is 1.17 bits per heavy atom. The summed E-state index contributed by atoms with van der Waals surface area (Å²) < 4.78 is 13.4. The van der Waals surface area contributed by atoms with Gasteiger partial charge in [0.25, 0.3) is 0 Å². The molecule has 1 saturated carbocycles. The second-order valence-corrected chi connectivity index (χ2v) is 8.99. The molecule has 1 aliphatic heterocycles. The minimum absolute atomic E-state index is 0.000476. The van der Waals surface area contributed by atoms with E-state index in [0.29, 0.717) is 34.0 Å². The molecule has 1 atom stereocenters. The van der Waals surface area contributed by atoms with Crippen molar-refractivity contribution < 1.29 is 23.9 Å². The lowest BCUT2D eigenvalue weighted by Gasteiger charge is -2.31. The van der Waals surface area contributed by atoms with Gasteiger partial charge in [-0.2, -0.15) is 5.10 Å². The summed E-state index contributed by atoms with van der Waals surface area (Å²) in [5.41, 5.74) is 9.34. The number of aromatic nitrogens is 2. The lowest BCUT2D eigenvalue weighted by molar-refractivity contribution is -0.133. The van der Waals surface area contributed by atoms with Gasteiger partial charge in [0.15, 0.2) is 0 Å². The van der Waals surface area contributed by atoms with E-state index >= 15 is 0 Å². The molecule has 2 amide bonds. The lowest BCUT2D eigenvalue weighted by atomic mass is 9.85. The molecule has 2 heterocycles. The van der Waals surface area contributed by atoms with E-state index in [2.05, 4.69) is 10.2 Å². The molecule has 178 valence electrons. The third-order valence-electron chi connectivity index (χ3n) is 6.57. The number of carbonyl (C=O) groups is 3. The van der Waals surface area contributed by atoms with E-state index in [1.54, 1.807) is 19.1 Å². The first kappa shape index (κ1) is 22.5. The maximum Gasteiger partial charge on any atom is 0.333 e. The summed E-state index contributed by atoms with van der Waals surface area (Å²) >= 11 is 0. The standard InChI is InChI=1S/C26H23FN4O4/c1-13-8-23(19(9-17(13)25(28)33)22-11-21(29-30-22)15-2-3-15)31-12-20(26(34)35)18(10-24(31)32)14-4-6-16(27)7-5-14/h4-9,11-12,15,18H,2-3,10H2,1H3,(H2,28,33)(H,29,30)(H,34,35)/t18-/m0/s1. The average molecular weight is 474 g/mol. The summed E-state index contributed by atoms with van der Waals surface area (Å²) in [4.78, 5) is 38.9. The molecular formula is C26H23FN4O4. The van der Waals surface area contributed by atoms with Gasteiger partial charge in [-0.15, -0.1) is 0 Å². The molecule has 2 aromatic carbocycles. The fourth-order valence-corrected chi connectivity index (χ4v) is 4.53. The second kappa shape index (κ2) is 8.50. The fourth-order valence-electron chi connectivity index (χ4n) is 4.53. The monoisotopic (exact) mass is 474 g/mol. The summed E-state index contributed by atoms with van der Waals surface area (Å²) in [7, 11) is 0. The van der Waals surface area contributed by atoms with Crippen LogP contribution in [0, 0.1) is 12.7 Å². The third kappa shape index (κ3) is 4.21. The van der Waals surface area contributed by atoms with Crippen LogP contribution < -0.4 is 10.6 Å². The van der Waals surface area contributed by atoms with Gasteiger partial charge < -0.3 is 10.8 Å². The summed E-state index contributed by atoms with van der Waals surface area (Å²) in [5.74, 6) is -2.89. The van der Waals surface area contributed by atoms with Gasteiger partial charge in [0.05, 0.1) is 17.0 Å². The van der Waals surface area contributed by atoms with Gasteiger partial charge in [-0.3, -0.25) is 19.6 Å². The zero-order valence-electron chi connectivity index (χ0n) is 18.9. The average Bonchev–Trinajstić information content (AvgIpc) is 3.55. The number of benzene rings is 2. The predicted octanol–water partition coefficient (Wildman–Crippen LogP) is 3.99. The van der Waals surface area contributed by atoms with Crippen molar-refractivity contribution in [2.45, 2.75) is 38.0 Å². The normalized spacial score (nSPS) is 17.9. The highest BCUT2D eigenvalue weighted by Gasteiger charge is 2.35. The third-order valence-corrected chi connectivity index (χ3v) is 6.57. The van der Waals surface area contributed by atoms with Gasteiger partial charge in [0, 0.05) is 41.3 Å². The van der Waals surface area contributed by atoms with E-state index in [0.717, 1.165) is 18.5 Å². The van der Waals surface area contributed by atoms with Crippen molar-refractivity contribution in [2.24, 2.45) is 5.73 Å². The van der Waals surface area contributed by atoms with Gasteiger partial charge in [0.1, 0.15) is 5.82 Å². The van der Waals surface area contributed by atoms with Gasteiger partial charge >= 0.3 is 5.97 Å². The molecule has 0 saturated heterocycles. The molecule has 0 radical (unpaired) electrons. The molecule has 1 aromatic heterocycles. The van der Waals surface area contributed by atoms with E-state index < -0.39 is 23.6 Å². The molecule has 5 rings (SSSR count). The van der Waals surface area contributed by atoms with Crippen LogP contribution in [0.2, 0.25) is 0 Å². The molecule has 1 aliphatic carbocycles. The number of rotatable bonds is 6. The molecule has 1 fully saturated rings. The Morgan fingerprint density at radius 2 is 1.89 bits per heavy atom. The van der Waals surface area contributed by atoms with Crippen molar-refractivity contribution >= 4 is 23.5 Å². The van der Waals surface area contributed by atoms with Crippen molar-refractivity contribution in [3.63, 3.8) is 0 Å². The number of halogens is 1. The van der Waals surface area contributed by atoms with E-state index in [-0.39, 0.29) is 23.5 Å². The molecule has 2 aliphatic rings. The Hall–Kier alpha value is -4.27. The predicted molar refractivity (Wildman–Crippen MR) is 126 cm³/mol. The van der Waals surface area contributed by atoms with Crippen molar-refractivity contribution in [2.75, 3.05) is 4.90 Å². The Balaban J connectivity index is 1.64. The quantitative estimate of drug-likeness (QED) is 0.497. The van der Waals surface area contributed by atoms with Crippen LogP contribution in [0.25, 0.3) is 11.3 Å². The number of nitrogens with two attached hydrogens (primary N) is 1. The van der Waals surface area contributed by atoms with Crippen LogP contribution >= 0.6 is 0 Å². The Morgan fingerprint density at radius 3 is 2.51 bits per heavy atom. The number of hydrogen-bond acceptors (Lipinski definition) is 4. The zero-order chi connectivity index (χ0) is 24.9. The number of nitrogens with zero attached hydrogens (tertiary/aromatic N) is 2. The Kier molecular flexibility index (Phi) is 5.47. The molecule has 8 nitrogen and oxygen atoms in total. The van der Waals surface area contributed by atoms with Gasteiger partial charge in [-0.1, -0.05) is 12.1 Å². The number of aliphatic carboxylic acids is 1. The number of carbonyl (C=O) groups excluding carboxylic acids is 2. The highest BCUT2D eigenvalue weighted by atomic mass is 19.1. The van der Waals surface area contributed by atoms with Crippen molar-refractivity contribution in [3.8, 4) is 11.3 Å². The van der Waals surface area contributed by atoms with Crippen LogP contribution in [0.5, 0.6) is 0 Å². The van der Waals surface area contributed by atoms with Crippen LogP contribution in [0.3, 0.4) is 0 Å². The summed E-state index contributed by atoms with van der Waals surface area (Å²) in [6.07, 6.45) is 3.32. The van der Waals surface area contributed by atoms with E-state index in [4.69, 9.17) is 5.73 Å². The summed E-state index contributed by atoms with van der Waals surface area (Å²) in [5, 5.41) is 17.4. The van der Waals surface area contributed by atoms with E-state index in [1.165, 1.54) is 35.4 Å². The second-order valence-electron chi connectivity index (χ2n) is 8.99. The van der Waals surface area contributed by atoms with Gasteiger partial charge in [-0.05, 0) is 61.2 Å². The fraction of sp³-hybridized carbons (Fsp3) is 0.231. The Bertz CT molecular complexity index is 1390. The first-order chi connectivity index (χ1) is 16.7. The number of H-pyrrole nitrogens is 1. The number of carboxylic acid groups (broad SMARTS) is 1. The number of amides is 2. The highest BCUT2D eigenvalue weighted by Crippen LogP contribution is 2.43. The number of aromatic amines is 1. The molecular weight excluding hydrogens is 451 g/mol. The van der Waals surface area contributed by atoms with E-state index in [9.17, 15) is 23.9 Å². The molecule has 0 unspecified atom stereocenters. The molecule has 4 N–H and O–H groups in total. The van der Waals surface area contributed by atoms with Crippen LogP contribution in [0.1, 0.15) is 58.3 Å². The Labute approximate surface area is 200 Å². The minimum atomic E-state index is -1.18. The van der Waals surface area contributed by atoms with Crippen molar-refractivity contribution in [3.05, 3.63) is 82.4 Å². The number of primary amides is 1. The number of anilines is 1. The van der Waals surface area contributed by atoms with Crippen LogP contribution in [-0.2, 0) is 9.59 Å². The number of hydrogen-bond donors (Lipinski definition) is 3. The van der Waals surface area contributed by atoms with Gasteiger partial charge in [0.2, 0.25) is 11.8 Å². The molecule has 0 spiro atoms. The first-order valence-electron chi connectivity index (χ1n) is 11.3. The van der Waals surface area contributed by atoms with Crippen LogP contribution in [0.15, 0.2) is 54.2 Å². The summed E-state index contributed by atoms with van der Waals surface area (Å²) in [6, 6.07) is 10.6. The van der Waals surface area contributed by atoms with Crippen LogP contribution in [0.4, 0.5) is 10.1 Å². The topological polar surface area (TPSA) is 129 Å². The molecule has 35 heavy (non-hydrogen) atoms. The maximum absolute atomic E-state index is 13.4. The lowest BCUT2D eigenvalue weighted by Crippen LogP contribution is -2.34. The summed E-state index contributed by atoms with van der Waals surface area (Å²) in [6.45, 7) is 1.70. The number of carboxylic acids is 1. The zero-order valence-corrected chi connectivity index (χ0v) is 18.9. The molecule has 9 heteroatoms. The minimum Gasteiger partial charge on any atom is -0.478 e. The molecule has 3 aromatic rings. The first-order valence-corrected chi connectivity index (χ1v) is 11.3. The smallest absolute Gasteiger partial charge is 0.333 e. The van der Waals surface area contributed by atoms with Gasteiger partial charge in [-0.25, -0.2) is 9.18 Å². The van der Waals surface area contributed by atoms with Crippen molar-refractivity contribution in [1.82, 2.24) is 10.2 Å². The van der Waals surface area contributed by atoms with E-state index in [1.807, 2.05) is 6.07 Å². The SMILES string of the molecule is Cc1cc(N2C=C(C(=O)O)[C@H](c3ccc(F)cc3)CC2=O)c(-c2cc(C3CC3)[nH]n2)cc1C(N)=O. The number of nitrogens with one attached hydrogen (secondary N) is 1. The highest BCUT2D eigenvalue weighted by molar-refractivity contribution is 6.06. The number of aryl methyl sites for hydroxylation is 1. The molecule has 0 bridgehead atoms.